The molecule has 0 saturated carbocycles. The summed E-state index contributed by atoms with van der Waals surface area (Å²) in [5, 5.41) is 0. The molecule has 4 heteroatoms. The van der Waals surface area contributed by atoms with Crippen molar-refractivity contribution >= 4 is 17.3 Å². The van der Waals surface area contributed by atoms with Crippen LogP contribution < -0.4 is 0 Å². The van der Waals surface area contributed by atoms with Crippen LogP contribution in [-0.4, -0.2) is 29.2 Å². The van der Waals surface area contributed by atoms with Crippen LogP contribution in [0.25, 0.3) is 0 Å². The normalized spacial score (nSPS) is 17.7. The van der Waals surface area contributed by atoms with Crippen LogP contribution in [-0.2, 0) is 4.74 Å². The molecule has 0 aliphatic carbocycles. The lowest BCUT2D eigenvalue weighted by atomic mass is 9.88. The Balaban J connectivity index is 1.92. The Hall–Kier alpha value is -2.49. The molecular weight excluding hydrogens is 334 g/mol. The van der Waals surface area contributed by atoms with E-state index in [9.17, 15) is 0 Å². The number of ether oxygens (including phenoxy) is 1. The number of nitrogens with zero attached hydrogens (tertiary/aromatic N) is 3. The van der Waals surface area contributed by atoms with E-state index in [1.165, 1.54) is 16.7 Å². The van der Waals surface area contributed by atoms with Crippen molar-refractivity contribution in [1.29, 1.82) is 0 Å². The van der Waals surface area contributed by atoms with Crippen LogP contribution in [0.4, 0.5) is 5.69 Å². The minimum absolute atomic E-state index is 0.0806. The van der Waals surface area contributed by atoms with Crippen molar-refractivity contribution in [3.63, 3.8) is 0 Å². The first-order valence-electron chi connectivity index (χ1n) is 9.46. The lowest BCUT2D eigenvalue weighted by Crippen LogP contribution is -2.25. The molecule has 1 atom stereocenters. The van der Waals surface area contributed by atoms with Gasteiger partial charge in [0.05, 0.1) is 23.1 Å². The Kier molecular flexibility index (Phi) is 5.18. The third-order valence-electron chi connectivity index (χ3n) is 4.90. The number of pyridine rings is 1. The molecule has 0 unspecified atom stereocenters. The monoisotopic (exact) mass is 363 g/mol. The van der Waals surface area contributed by atoms with Crippen molar-refractivity contribution in [3.05, 3.63) is 58.4 Å². The van der Waals surface area contributed by atoms with E-state index >= 15 is 0 Å². The quantitative estimate of drug-likeness (QED) is 0.691. The zero-order chi connectivity index (χ0) is 19.8. The van der Waals surface area contributed by atoms with Gasteiger partial charge in [-0.1, -0.05) is 44.5 Å². The molecule has 0 amide bonds. The minimum Gasteiger partial charge on any atom is -0.474 e. The molecule has 1 aliphatic rings. The van der Waals surface area contributed by atoms with E-state index < -0.39 is 0 Å². The Morgan fingerprint density at radius 3 is 2.37 bits per heavy atom. The predicted molar refractivity (Wildman–Crippen MR) is 112 cm³/mol. The zero-order valence-corrected chi connectivity index (χ0v) is 17.4. The molecule has 2 heterocycles. The molecular formula is C23H29N3O. The van der Waals surface area contributed by atoms with Crippen molar-refractivity contribution in [2.45, 2.75) is 54.5 Å². The summed E-state index contributed by atoms with van der Waals surface area (Å²) in [7, 11) is 0. The lowest BCUT2D eigenvalue weighted by molar-refractivity contribution is 0.235. The van der Waals surface area contributed by atoms with Crippen LogP contribution in [0, 0.1) is 26.2 Å². The van der Waals surface area contributed by atoms with Crippen molar-refractivity contribution < 1.29 is 4.74 Å². The smallest absolute Gasteiger partial charge is 0.235 e. The van der Waals surface area contributed by atoms with Crippen LogP contribution in [0.3, 0.4) is 0 Å². The topological polar surface area (TPSA) is 46.8 Å². The molecule has 0 fully saturated rings. The molecule has 0 saturated heterocycles. The van der Waals surface area contributed by atoms with Gasteiger partial charge in [-0.05, 0) is 56.4 Å². The molecule has 0 N–H and O–H groups in total. The van der Waals surface area contributed by atoms with Gasteiger partial charge in [0.25, 0.3) is 0 Å². The molecule has 0 radical (unpaired) electrons. The van der Waals surface area contributed by atoms with E-state index in [4.69, 9.17) is 19.7 Å². The van der Waals surface area contributed by atoms with Crippen LogP contribution in [0.1, 0.15) is 55.8 Å². The fourth-order valence-electron chi connectivity index (χ4n) is 3.29. The van der Waals surface area contributed by atoms with Gasteiger partial charge in [0.2, 0.25) is 5.90 Å². The summed E-state index contributed by atoms with van der Waals surface area (Å²) in [6.45, 7) is 15.5. The van der Waals surface area contributed by atoms with Crippen LogP contribution >= 0.6 is 0 Å². The van der Waals surface area contributed by atoms with E-state index in [0.717, 1.165) is 22.8 Å². The van der Waals surface area contributed by atoms with Gasteiger partial charge in [-0.25, -0.2) is 9.98 Å². The van der Waals surface area contributed by atoms with E-state index in [1.54, 1.807) is 0 Å². The third kappa shape index (κ3) is 4.26. The van der Waals surface area contributed by atoms with Crippen molar-refractivity contribution in [2.24, 2.45) is 15.4 Å². The van der Waals surface area contributed by atoms with E-state index in [-0.39, 0.29) is 11.5 Å². The van der Waals surface area contributed by atoms with E-state index in [2.05, 4.69) is 53.7 Å². The predicted octanol–water partition coefficient (Wildman–Crippen LogP) is 5.34. The first-order chi connectivity index (χ1) is 12.6. The molecule has 0 spiro atoms. The summed E-state index contributed by atoms with van der Waals surface area (Å²) in [5.41, 5.74) is 7.22. The van der Waals surface area contributed by atoms with Gasteiger partial charge >= 0.3 is 0 Å². The minimum atomic E-state index is 0.0806. The summed E-state index contributed by atoms with van der Waals surface area (Å²) in [6.07, 6.45) is 0. The molecule has 27 heavy (non-hydrogen) atoms. The summed E-state index contributed by atoms with van der Waals surface area (Å²) in [6, 6.07) is 10.4. The molecule has 142 valence electrons. The SMILES string of the molecule is CC(=Nc1c(C)cc(C)cc1C)c1cccc(C2=N[C@@H](C(C)(C)C)CO2)n1. The largest absolute Gasteiger partial charge is 0.474 e. The summed E-state index contributed by atoms with van der Waals surface area (Å²) < 4.78 is 5.83. The standard InChI is InChI=1S/C23H29N3O/c1-14-11-15(2)21(16(3)12-14)24-17(4)18-9-8-10-19(25-18)22-26-20(13-27-22)23(5,6)7/h8-12,20H,13H2,1-7H3/t20-/m1/s1. The van der Waals surface area contributed by atoms with Crippen LogP contribution in [0.5, 0.6) is 0 Å². The van der Waals surface area contributed by atoms with Crippen molar-refractivity contribution in [3.8, 4) is 0 Å². The molecule has 3 rings (SSSR count). The van der Waals surface area contributed by atoms with Crippen LogP contribution in [0.15, 0.2) is 40.3 Å². The number of benzene rings is 1. The Labute approximate surface area is 162 Å². The maximum absolute atomic E-state index is 5.83. The Morgan fingerprint density at radius 2 is 1.78 bits per heavy atom. The van der Waals surface area contributed by atoms with Crippen molar-refractivity contribution in [1.82, 2.24) is 4.98 Å². The lowest BCUT2D eigenvalue weighted by Gasteiger charge is -2.21. The fourth-order valence-corrected chi connectivity index (χ4v) is 3.29. The highest BCUT2D eigenvalue weighted by molar-refractivity contribution is 6.00. The summed E-state index contributed by atoms with van der Waals surface area (Å²) in [5.74, 6) is 0.632. The molecule has 1 aromatic heterocycles. The number of aromatic nitrogens is 1. The van der Waals surface area contributed by atoms with Gasteiger partial charge < -0.3 is 4.74 Å². The summed E-state index contributed by atoms with van der Waals surface area (Å²) >= 11 is 0. The Bertz CT molecular complexity index is 896. The number of aliphatic imine (C=N–C) groups is 2. The molecule has 2 aromatic rings. The maximum Gasteiger partial charge on any atom is 0.235 e. The second-order valence-corrected chi connectivity index (χ2v) is 8.48. The number of rotatable bonds is 3. The highest BCUT2D eigenvalue weighted by Gasteiger charge is 2.31. The first kappa shape index (κ1) is 19.3. The molecule has 4 nitrogen and oxygen atoms in total. The average Bonchev–Trinajstić information content (AvgIpc) is 3.08. The first-order valence-corrected chi connectivity index (χ1v) is 9.46. The average molecular weight is 364 g/mol. The van der Waals surface area contributed by atoms with Gasteiger partial charge in [-0.2, -0.15) is 0 Å². The van der Waals surface area contributed by atoms with Gasteiger partial charge in [0, 0.05) is 0 Å². The van der Waals surface area contributed by atoms with E-state index in [1.807, 2.05) is 25.1 Å². The molecule has 0 bridgehead atoms. The zero-order valence-electron chi connectivity index (χ0n) is 17.4. The number of hydrogen-bond acceptors (Lipinski definition) is 4. The number of hydrogen-bond donors (Lipinski definition) is 0. The number of aryl methyl sites for hydroxylation is 3. The van der Waals surface area contributed by atoms with Gasteiger partial charge in [0.1, 0.15) is 12.3 Å². The van der Waals surface area contributed by atoms with Gasteiger partial charge in [0.15, 0.2) is 0 Å². The second-order valence-electron chi connectivity index (χ2n) is 8.48. The fraction of sp³-hybridized carbons (Fsp3) is 0.435. The molecule has 1 aliphatic heterocycles. The van der Waals surface area contributed by atoms with Gasteiger partial charge in [-0.3, -0.25) is 4.99 Å². The summed E-state index contributed by atoms with van der Waals surface area (Å²) in [4.78, 5) is 14.4. The van der Waals surface area contributed by atoms with Crippen LogP contribution in [0.2, 0.25) is 0 Å². The van der Waals surface area contributed by atoms with E-state index in [0.29, 0.717) is 12.5 Å². The Morgan fingerprint density at radius 1 is 1.11 bits per heavy atom. The maximum atomic E-state index is 5.83. The second kappa shape index (κ2) is 7.26. The van der Waals surface area contributed by atoms with Crippen molar-refractivity contribution in [2.75, 3.05) is 6.61 Å². The molecule has 1 aromatic carbocycles. The van der Waals surface area contributed by atoms with Gasteiger partial charge in [-0.15, -0.1) is 0 Å². The highest BCUT2D eigenvalue weighted by atomic mass is 16.5. The third-order valence-corrected chi connectivity index (χ3v) is 4.90. The highest BCUT2D eigenvalue weighted by Crippen LogP contribution is 2.28.